The molecule has 0 aliphatic heterocycles. The molecule has 4 nitrogen and oxygen atoms in total. The minimum absolute atomic E-state index is 0.00585. The number of nitrogens with one attached hydrogen (secondary N) is 1. The average molecular weight is 424 g/mol. The zero-order valence-corrected chi connectivity index (χ0v) is 13.9. The van der Waals surface area contributed by atoms with Crippen LogP contribution in [0, 0.1) is 5.82 Å². The number of nitrogens with two attached hydrogens (primary N) is 1. The third-order valence-electron chi connectivity index (χ3n) is 2.40. The van der Waals surface area contributed by atoms with Crippen LogP contribution in [0.4, 0.5) is 15.8 Å². The summed E-state index contributed by atoms with van der Waals surface area (Å²) >= 11 is 6.17. The van der Waals surface area contributed by atoms with Gasteiger partial charge in [0.1, 0.15) is 4.90 Å². The lowest BCUT2D eigenvalue weighted by atomic mass is 10.3. The van der Waals surface area contributed by atoms with Gasteiger partial charge >= 0.3 is 0 Å². The summed E-state index contributed by atoms with van der Waals surface area (Å²) in [5.74, 6) is -0.885. The summed E-state index contributed by atoms with van der Waals surface area (Å²) in [7, 11) is -4.05. The summed E-state index contributed by atoms with van der Waals surface area (Å²) in [6, 6.07) is 8.82. The van der Waals surface area contributed by atoms with Crippen LogP contribution in [0.15, 0.2) is 50.2 Å². The smallest absolute Gasteiger partial charge is 0.264 e. The molecule has 0 aliphatic rings. The van der Waals surface area contributed by atoms with E-state index in [9.17, 15) is 12.8 Å². The van der Waals surface area contributed by atoms with Crippen molar-refractivity contribution in [2.45, 2.75) is 4.90 Å². The van der Waals surface area contributed by atoms with Crippen molar-refractivity contribution < 1.29 is 12.8 Å². The first-order valence-corrected chi connectivity index (χ1v) is 8.39. The number of halogens is 3. The lowest BCUT2D eigenvalue weighted by Crippen LogP contribution is -2.15. The summed E-state index contributed by atoms with van der Waals surface area (Å²) < 4.78 is 41.4. The van der Waals surface area contributed by atoms with E-state index in [0.29, 0.717) is 5.69 Å². The van der Waals surface area contributed by atoms with Crippen molar-refractivity contribution in [2.24, 2.45) is 0 Å². The largest absolute Gasteiger partial charge is 0.399 e. The highest BCUT2D eigenvalue weighted by Crippen LogP contribution is 2.27. The van der Waals surface area contributed by atoms with Crippen molar-refractivity contribution in [3.05, 3.63) is 51.2 Å². The predicted molar refractivity (Wildman–Crippen MR) is 83.5 cm³/mol. The van der Waals surface area contributed by atoms with Crippen molar-refractivity contribution in [2.75, 3.05) is 10.5 Å². The van der Waals surface area contributed by atoms with Crippen LogP contribution < -0.4 is 10.5 Å². The van der Waals surface area contributed by atoms with E-state index < -0.39 is 20.7 Å². The fourth-order valence-corrected chi connectivity index (χ4v) is 3.57. The van der Waals surface area contributed by atoms with Crippen LogP contribution in [0.2, 0.25) is 0 Å². The number of hydrogen-bond donors (Lipinski definition) is 2. The Morgan fingerprint density at radius 3 is 2.30 bits per heavy atom. The van der Waals surface area contributed by atoms with E-state index in [4.69, 9.17) is 5.73 Å². The van der Waals surface area contributed by atoms with Crippen molar-refractivity contribution in [1.82, 2.24) is 0 Å². The molecule has 2 rings (SSSR count). The van der Waals surface area contributed by atoms with Crippen LogP contribution in [0.25, 0.3) is 0 Å². The molecule has 0 atom stereocenters. The van der Waals surface area contributed by atoms with E-state index >= 15 is 0 Å². The van der Waals surface area contributed by atoms with E-state index in [1.54, 1.807) is 24.3 Å². The summed E-state index contributed by atoms with van der Waals surface area (Å²) in [4.78, 5) is -0.507. The molecule has 2 aromatic rings. The van der Waals surface area contributed by atoms with E-state index in [1.807, 2.05) is 0 Å². The van der Waals surface area contributed by atoms with Gasteiger partial charge in [-0.25, -0.2) is 12.8 Å². The van der Waals surface area contributed by atoms with Crippen LogP contribution in [0.1, 0.15) is 0 Å². The monoisotopic (exact) mass is 422 g/mol. The molecule has 0 saturated carbocycles. The standard InChI is InChI=1S/C12H9Br2FN2O2S/c13-7-1-3-9(4-2-7)17-20(18,19)11-6-8(16)5-10(14)12(11)15/h1-6,17H,16H2. The fraction of sp³-hybridized carbons (Fsp3) is 0. The average Bonchev–Trinajstić information content (AvgIpc) is 2.36. The number of anilines is 2. The van der Waals surface area contributed by atoms with Crippen molar-refractivity contribution in [3.63, 3.8) is 0 Å². The Labute approximate surface area is 132 Å². The normalized spacial score (nSPS) is 11.3. The summed E-state index contributed by atoms with van der Waals surface area (Å²) in [6.07, 6.45) is 0. The first-order chi connectivity index (χ1) is 9.29. The summed E-state index contributed by atoms with van der Waals surface area (Å²) in [6.45, 7) is 0. The molecule has 0 aromatic heterocycles. The molecule has 0 radical (unpaired) electrons. The number of benzene rings is 2. The maximum atomic E-state index is 13.9. The van der Waals surface area contributed by atoms with E-state index in [-0.39, 0.29) is 10.2 Å². The topological polar surface area (TPSA) is 72.2 Å². The molecule has 106 valence electrons. The minimum atomic E-state index is -4.05. The minimum Gasteiger partial charge on any atom is -0.399 e. The molecule has 3 N–H and O–H groups in total. The van der Waals surface area contributed by atoms with Crippen LogP contribution in [0.5, 0.6) is 0 Å². The second-order valence-electron chi connectivity index (χ2n) is 3.93. The van der Waals surface area contributed by atoms with E-state index in [0.717, 1.165) is 10.5 Å². The molecule has 0 spiro atoms. The Morgan fingerprint density at radius 2 is 1.70 bits per heavy atom. The van der Waals surface area contributed by atoms with Gasteiger partial charge in [0, 0.05) is 15.8 Å². The van der Waals surface area contributed by atoms with Gasteiger partial charge in [0.15, 0.2) is 5.82 Å². The van der Waals surface area contributed by atoms with Gasteiger partial charge in [-0.1, -0.05) is 15.9 Å². The first-order valence-electron chi connectivity index (χ1n) is 5.32. The molecule has 0 bridgehead atoms. The molecule has 0 saturated heterocycles. The maximum Gasteiger partial charge on any atom is 0.264 e. The SMILES string of the molecule is Nc1cc(Br)c(F)c(S(=O)(=O)Nc2ccc(Br)cc2)c1. The molecule has 0 fully saturated rings. The van der Waals surface area contributed by atoms with E-state index in [2.05, 4.69) is 36.6 Å². The number of sulfonamides is 1. The van der Waals surface area contributed by atoms with Gasteiger partial charge in [0.05, 0.1) is 4.47 Å². The first kappa shape index (κ1) is 15.3. The van der Waals surface area contributed by atoms with Gasteiger partial charge in [0.25, 0.3) is 10.0 Å². The predicted octanol–water partition coefficient (Wildman–Crippen LogP) is 3.73. The summed E-state index contributed by atoms with van der Waals surface area (Å²) in [5.41, 5.74) is 6.02. The summed E-state index contributed by atoms with van der Waals surface area (Å²) in [5, 5.41) is 0. The quantitative estimate of drug-likeness (QED) is 0.738. The van der Waals surface area contributed by atoms with E-state index in [1.165, 1.54) is 6.07 Å². The third kappa shape index (κ3) is 3.31. The molecule has 0 amide bonds. The highest BCUT2D eigenvalue weighted by Gasteiger charge is 2.21. The van der Waals surface area contributed by atoms with Crippen molar-refractivity contribution in [1.29, 1.82) is 0 Å². The molecule has 0 aliphatic carbocycles. The molecule has 0 unspecified atom stereocenters. The lowest BCUT2D eigenvalue weighted by Gasteiger charge is -2.10. The molecule has 0 heterocycles. The molecule has 20 heavy (non-hydrogen) atoms. The Bertz CT molecular complexity index is 749. The van der Waals surface area contributed by atoms with Gasteiger partial charge in [-0.2, -0.15) is 0 Å². The van der Waals surface area contributed by atoms with Crippen LogP contribution >= 0.6 is 31.9 Å². The van der Waals surface area contributed by atoms with Crippen LogP contribution in [-0.2, 0) is 10.0 Å². The number of hydrogen-bond acceptors (Lipinski definition) is 3. The van der Waals surface area contributed by atoms with Gasteiger partial charge in [-0.3, -0.25) is 4.72 Å². The third-order valence-corrected chi connectivity index (χ3v) is 4.89. The molecular formula is C12H9Br2FN2O2S. The highest BCUT2D eigenvalue weighted by atomic mass is 79.9. The number of nitrogen functional groups attached to an aromatic ring is 1. The number of rotatable bonds is 3. The fourth-order valence-electron chi connectivity index (χ4n) is 1.51. The molecule has 8 heteroatoms. The van der Waals surface area contributed by atoms with Gasteiger partial charge in [0.2, 0.25) is 0 Å². The lowest BCUT2D eigenvalue weighted by molar-refractivity contribution is 0.567. The molecular weight excluding hydrogens is 415 g/mol. The highest BCUT2D eigenvalue weighted by molar-refractivity contribution is 9.10. The van der Waals surface area contributed by atoms with Crippen molar-refractivity contribution >= 4 is 53.3 Å². The second kappa shape index (κ2) is 5.71. The van der Waals surface area contributed by atoms with Crippen molar-refractivity contribution in [3.8, 4) is 0 Å². The van der Waals surface area contributed by atoms with Gasteiger partial charge in [-0.05, 0) is 52.3 Å². The Hall–Kier alpha value is -1.12. The Morgan fingerprint density at radius 1 is 1.10 bits per heavy atom. The van der Waals surface area contributed by atoms with Crippen LogP contribution in [0.3, 0.4) is 0 Å². The zero-order valence-electron chi connectivity index (χ0n) is 9.90. The second-order valence-corrected chi connectivity index (χ2v) is 7.35. The van der Waals surface area contributed by atoms with Gasteiger partial charge < -0.3 is 5.73 Å². The van der Waals surface area contributed by atoms with Crippen LogP contribution in [-0.4, -0.2) is 8.42 Å². The Kier molecular flexibility index (Phi) is 4.36. The maximum absolute atomic E-state index is 13.9. The Balaban J connectivity index is 2.43. The molecule has 2 aromatic carbocycles. The zero-order chi connectivity index (χ0) is 14.9. The van der Waals surface area contributed by atoms with Gasteiger partial charge in [-0.15, -0.1) is 0 Å².